The quantitative estimate of drug-likeness (QED) is 0.774. The minimum Gasteiger partial charge on any atom is -0.348 e. The fourth-order valence-electron chi connectivity index (χ4n) is 3.87. The highest BCUT2D eigenvalue weighted by molar-refractivity contribution is 6.05. The molecule has 2 atom stereocenters. The Morgan fingerprint density at radius 2 is 1.67 bits per heavy atom. The molecule has 2 aromatic carbocycles. The summed E-state index contributed by atoms with van der Waals surface area (Å²) in [4.78, 5) is 26.0. The van der Waals surface area contributed by atoms with Gasteiger partial charge in [-0.2, -0.15) is 9.78 Å². The van der Waals surface area contributed by atoms with E-state index in [4.69, 9.17) is 0 Å². The van der Waals surface area contributed by atoms with Crippen LogP contribution in [-0.4, -0.2) is 21.7 Å². The molecule has 1 amide bonds. The number of nitrogens with one attached hydrogen (secondary N) is 1. The monoisotopic (exact) mass is 361 g/mol. The minimum atomic E-state index is -0.223. The summed E-state index contributed by atoms with van der Waals surface area (Å²) in [6.07, 6.45) is 4.46. The molecule has 0 saturated heterocycles. The Morgan fingerprint density at radius 1 is 1.00 bits per heavy atom. The molecule has 5 nitrogen and oxygen atoms in total. The second kappa shape index (κ2) is 7.35. The van der Waals surface area contributed by atoms with Gasteiger partial charge < -0.3 is 5.32 Å². The zero-order valence-corrected chi connectivity index (χ0v) is 15.4. The van der Waals surface area contributed by atoms with E-state index in [9.17, 15) is 9.59 Å². The number of amides is 1. The lowest BCUT2D eigenvalue weighted by Gasteiger charge is -2.29. The summed E-state index contributed by atoms with van der Waals surface area (Å²) in [5.74, 6) is 0.239. The predicted molar refractivity (Wildman–Crippen MR) is 106 cm³/mol. The number of rotatable bonds is 3. The van der Waals surface area contributed by atoms with Gasteiger partial charge in [-0.3, -0.25) is 9.59 Å². The Hall–Kier alpha value is -2.95. The van der Waals surface area contributed by atoms with Crippen LogP contribution in [-0.2, 0) is 0 Å². The number of fused-ring (bicyclic) bond motifs is 1. The summed E-state index contributed by atoms with van der Waals surface area (Å²) in [5.41, 5.74) is 0.722. The predicted octanol–water partition coefficient (Wildman–Crippen LogP) is 3.69. The summed E-state index contributed by atoms with van der Waals surface area (Å²) < 4.78 is 1.32. The molecule has 4 rings (SSSR count). The molecular weight excluding hydrogens is 338 g/mol. The molecule has 1 heterocycles. The van der Waals surface area contributed by atoms with Crippen LogP contribution in [0.15, 0.2) is 59.4 Å². The van der Waals surface area contributed by atoms with Crippen molar-refractivity contribution in [1.29, 1.82) is 0 Å². The van der Waals surface area contributed by atoms with Gasteiger partial charge in [0.25, 0.3) is 11.5 Å². The molecular formula is C22H23N3O2. The first-order valence-electron chi connectivity index (χ1n) is 9.53. The van der Waals surface area contributed by atoms with Gasteiger partial charge in [0, 0.05) is 11.4 Å². The molecule has 1 aromatic heterocycles. The van der Waals surface area contributed by atoms with Crippen LogP contribution < -0.4 is 10.9 Å². The molecule has 1 aliphatic carbocycles. The largest absolute Gasteiger partial charge is 0.348 e. The maximum atomic E-state index is 13.1. The maximum Gasteiger partial charge on any atom is 0.279 e. The highest BCUT2D eigenvalue weighted by atomic mass is 16.2. The lowest BCUT2D eigenvalue weighted by molar-refractivity contribution is 0.0905. The lowest BCUT2D eigenvalue weighted by atomic mass is 9.86. The van der Waals surface area contributed by atoms with Gasteiger partial charge in [0.05, 0.1) is 11.1 Å². The van der Waals surface area contributed by atoms with Gasteiger partial charge in [-0.15, -0.1) is 0 Å². The Balaban J connectivity index is 1.81. The standard InChI is InChI=1S/C22H23N3O2/c1-15-9-5-8-14-19(15)23-21(26)20-17-12-6-7-13-18(17)22(27)25(24-20)16-10-3-2-4-11-16/h2-4,6-7,10-13,15,19H,5,8-9,14H2,1H3,(H,23,26). The van der Waals surface area contributed by atoms with E-state index >= 15 is 0 Å². The number of para-hydroxylation sites is 1. The SMILES string of the molecule is CC1CCCCC1NC(=O)c1nn(-c2ccccc2)c(=O)c2ccccc12. The fourth-order valence-corrected chi connectivity index (χ4v) is 3.87. The van der Waals surface area contributed by atoms with Crippen molar-refractivity contribution < 1.29 is 4.79 Å². The van der Waals surface area contributed by atoms with Crippen molar-refractivity contribution in [2.45, 2.75) is 38.6 Å². The first-order chi connectivity index (χ1) is 13.1. The third-order valence-electron chi connectivity index (χ3n) is 5.45. The maximum absolute atomic E-state index is 13.1. The number of carbonyl (C=O) groups is 1. The van der Waals surface area contributed by atoms with E-state index in [1.165, 1.54) is 11.1 Å². The van der Waals surface area contributed by atoms with Crippen LogP contribution >= 0.6 is 0 Å². The van der Waals surface area contributed by atoms with Crippen LogP contribution in [0.5, 0.6) is 0 Å². The number of hydrogen-bond donors (Lipinski definition) is 1. The number of nitrogens with zero attached hydrogens (tertiary/aromatic N) is 2. The molecule has 138 valence electrons. The number of hydrogen-bond acceptors (Lipinski definition) is 3. The van der Waals surface area contributed by atoms with Crippen molar-refractivity contribution in [3.05, 3.63) is 70.6 Å². The zero-order valence-electron chi connectivity index (χ0n) is 15.4. The third-order valence-corrected chi connectivity index (χ3v) is 5.45. The molecule has 27 heavy (non-hydrogen) atoms. The van der Waals surface area contributed by atoms with Gasteiger partial charge in [0.2, 0.25) is 0 Å². The highest BCUT2D eigenvalue weighted by Gasteiger charge is 2.25. The van der Waals surface area contributed by atoms with E-state index in [2.05, 4.69) is 17.3 Å². The Kier molecular flexibility index (Phi) is 4.75. The Bertz CT molecular complexity index is 1030. The van der Waals surface area contributed by atoms with Crippen molar-refractivity contribution in [3.63, 3.8) is 0 Å². The molecule has 0 radical (unpaired) electrons. The molecule has 1 aliphatic rings. The normalized spacial score (nSPS) is 19.7. The molecule has 1 saturated carbocycles. The van der Waals surface area contributed by atoms with E-state index in [0.29, 0.717) is 28.1 Å². The van der Waals surface area contributed by atoms with Gasteiger partial charge in [-0.1, -0.05) is 56.2 Å². The van der Waals surface area contributed by atoms with Gasteiger partial charge in [-0.25, -0.2) is 0 Å². The highest BCUT2D eigenvalue weighted by Crippen LogP contribution is 2.24. The molecule has 2 unspecified atom stereocenters. The number of benzene rings is 2. The van der Waals surface area contributed by atoms with E-state index < -0.39 is 0 Å². The molecule has 0 bridgehead atoms. The van der Waals surface area contributed by atoms with E-state index in [0.717, 1.165) is 19.3 Å². The van der Waals surface area contributed by atoms with Crippen LogP contribution in [0.1, 0.15) is 43.1 Å². The number of aromatic nitrogens is 2. The van der Waals surface area contributed by atoms with E-state index in [-0.39, 0.29) is 17.5 Å². The van der Waals surface area contributed by atoms with E-state index in [1.807, 2.05) is 42.5 Å². The number of carbonyl (C=O) groups excluding carboxylic acids is 1. The van der Waals surface area contributed by atoms with Crippen LogP contribution in [0, 0.1) is 5.92 Å². The smallest absolute Gasteiger partial charge is 0.279 e. The van der Waals surface area contributed by atoms with Crippen LogP contribution in [0.25, 0.3) is 16.5 Å². The van der Waals surface area contributed by atoms with Crippen molar-refractivity contribution >= 4 is 16.7 Å². The molecule has 0 aliphatic heterocycles. The Labute approximate surface area is 158 Å². The third kappa shape index (κ3) is 3.37. The molecule has 3 aromatic rings. The van der Waals surface area contributed by atoms with Gasteiger partial charge >= 0.3 is 0 Å². The molecule has 1 N–H and O–H groups in total. The van der Waals surface area contributed by atoms with Gasteiger partial charge in [0.1, 0.15) is 0 Å². The second-order valence-corrected chi connectivity index (χ2v) is 7.29. The van der Waals surface area contributed by atoms with Crippen LogP contribution in [0.3, 0.4) is 0 Å². The first-order valence-corrected chi connectivity index (χ1v) is 9.53. The van der Waals surface area contributed by atoms with Gasteiger partial charge in [-0.05, 0) is 37.0 Å². The van der Waals surface area contributed by atoms with Crippen molar-refractivity contribution in [1.82, 2.24) is 15.1 Å². The fraction of sp³-hybridized carbons (Fsp3) is 0.318. The lowest BCUT2D eigenvalue weighted by Crippen LogP contribution is -2.42. The van der Waals surface area contributed by atoms with Crippen LogP contribution in [0.4, 0.5) is 0 Å². The average molecular weight is 361 g/mol. The summed E-state index contributed by atoms with van der Waals surface area (Å²) in [6.45, 7) is 2.18. The molecule has 5 heteroatoms. The Morgan fingerprint density at radius 3 is 2.41 bits per heavy atom. The first kappa shape index (κ1) is 17.5. The zero-order chi connectivity index (χ0) is 18.8. The summed E-state index contributed by atoms with van der Waals surface area (Å²) in [6, 6.07) is 16.5. The topological polar surface area (TPSA) is 64.0 Å². The average Bonchev–Trinajstić information content (AvgIpc) is 2.71. The summed E-state index contributed by atoms with van der Waals surface area (Å²) in [7, 11) is 0. The minimum absolute atomic E-state index is 0.156. The van der Waals surface area contributed by atoms with Crippen LogP contribution in [0.2, 0.25) is 0 Å². The molecule has 0 spiro atoms. The summed E-state index contributed by atoms with van der Waals surface area (Å²) in [5, 5.41) is 8.70. The van der Waals surface area contributed by atoms with E-state index in [1.54, 1.807) is 12.1 Å². The second-order valence-electron chi connectivity index (χ2n) is 7.29. The van der Waals surface area contributed by atoms with Gasteiger partial charge in [0.15, 0.2) is 5.69 Å². The van der Waals surface area contributed by atoms with Crippen molar-refractivity contribution in [2.24, 2.45) is 5.92 Å². The summed E-state index contributed by atoms with van der Waals surface area (Å²) >= 11 is 0. The molecule has 1 fully saturated rings. The van der Waals surface area contributed by atoms with Crippen molar-refractivity contribution in [2.75, 3.05) is 0 Å². The van der Waals surface area contributed by atoms with Crippen molar-refractivity contribution in [3.8, 4) is 5.69 Å².